The van der Waals surface area contributed by atoms with Crippen LogP contribution in [0.2, 0.25) is 0 Å². The zero-order chi connectivity index (χ0) is 10.8. The van der Waals surface area contributed by atoms with Crippen LogP contribution >= 0.6 is 0 Å². The Hall–Kier alpha value is -0.860. The maximum atomic E-state index is 5.67. The van der Waals surface area contributed by atoms with Crippen LogP contribution < -0.4 is 11.3 Å². The van der Waals surface area contributed by atoms with Crippen LogP contribution in [0.15, 0.2) is 18.2 Å². The Kier molecular flexibility index (Phi) is 3.08. The summed E-state index contributed by atoms with van der Waals surface area (Å²) in [5.74, 6) is 6.40. The number of rotatable bonds is 3. The van der Waals surface area contributed by atoms with Gasteiger partial charge in [0, 0.05) is 6.04 Å². The lowest BCUT2D eigenvalue weighted by Gasteiger charge is -2.34. The Morgan fingerprint density at radius 1 is 1.33 bits per heavy atom. The minimum atomic E-state index is 0.347. The van der Waals surface area contributed by atoms with Gasteiger partial charge in [-0.15, -0.1) is 0 Å². The number of hydrogen-bond donors (Lipinski definition) is 2. The van der Waals surface area contributed by atoms with Gasteiger partial charge in [0.15, 0.2) is 0 Å². The van der Waals surface area contributed by atoms with Crippen LogP contribution in [0.1, 0.15) is 42.0 Å². The van der Waals surface area contributed by atoms with E-state index in [4.69, 9.17) is 5.84 Å². The number of nitrogens with one attached hydrogen (secondary N) is 1. The van der Waals surface area contributed by atoms with Crippen LogP contribution in [0.4, 0.5) is 0 Å². The molecule has 0 spiro atoms. The fourth-order valence-electron chi connectivity index (χ4n) is 2.43. The van der Waals surface area contributed by atoms with Crippen LogP contribution in [-0.4, -0.2) is 0 Å². The second-order valence-electron chi connectivity index (χ2n) is 4.70. The monoisotopic (exact) mass is 204 g/mol. The van der Waals surface area contributed by atoms with Crippen molar-refractivity contribution < 1.29 is 0 Å². The molecular formula is C13H20N2. The quantitative estimate of drug-likeness (QED) is 0.586. The van der Waals surface area contributed by atoms with Gasteiger partial charge in [0.05, 0.1) is 0 Å². The van der Waals surface area contributed by atoms with Crippen LogP contribution in [0.3, 0.4) is 0 Å². The van der Waals surface area contributed by atoms with Gasteiger partial charge in [0.25, 0.3) is 0 Å². The van der Waals surface area contributed by atoms with Gasteiger partial charge in [0.2, 0.25) is 0 Å². The van der Waals surface area contributed by atoms with Gasteiger partial charge in [-0.3, -0.25) is 11.3 Å². The summed E-state index contributed by atoms with van der Waals surface area (Å²) >= 11 is 0. The van der Waals surface area contributed by atoms with E-state index in [-0.39, 0.29) is 0 Å². The largest absolute Gasteiger partial charge is 0.271 e. The predicted molar refractivity (Wildman–Crippen MR) is 63.3 cm³/mol. The second kappa shape index (κ2) is 4.33. The Balaban J connectivity index is 2.25. The van der Waals surface area contributed by atoms with Crippen molar-refractivity contribution in [1.29, 1.82) is 0 Å². The lowest BCUT2D eigenvalue weighted by Crippen LogP contribution is -2.36. The van der Waals surface area contributed by atoms with Crippen molar-refractivity contribution in [3.8, 4) is 0 Å². The number of nitrogens with two attached hydrogens (primary N) is 1. The van der Waals surface area contributed by atoms with Crippen molar-refractivity contribution in [1.82, 2.24) is 5.43 Å². The molecule has 1 aliphatic rings. The van der Waals surface area contributed by atoms with E-state index in [0.717, 1.165) is 5.92 Å². The van der Waals surface area contributed by atoms with E-state index in [1.165, 1.54) is 36.0 Å². The Bertz CT molecular complexity index is 342. The van der Waals surface area contributed by atoms with Gasteiger partial charge in [-0.05, 0) is 43.7 Å². The molecule has 15 heavy (non-hydrogen) atoms. The molecule has 1 aromatic rings. The average molecular weight is 204 g/mol. The van der Waals surface area contributed by atoms with Crippen LogP contribution in [0, 0.1) is 19.8 Å². The second-order valence-corrected chi connectivity index (χ2v) is 4.70. The molecule has 82 valence electrons. The van der Waals surface area contributed by atoms with Gasteiger partial charge >= 0.3 is 0 Å². The van der Waals surface area contributed by atoms with Crippen LogP contribution in [0.25, 0.3) is 0 Å². The molecule has 0 saturated heterocycles. The molecule has 1 fully saturated rings. The summed E-state index contributed by atoms with van der Waals surface area (Å²) in [4.78, 5) is 0. The van der Waals surface area contributed by atoms with Crippen molar-refractivity contribution in [3.63, 3.8) is 0 Å². The molecule has 0 radical (unpaired) electrons. The molecule has 2 nitrogen and oxygen atoms in total. The maximum Gasteiger partial charge on any atom is 0.0490 e. The normalized spacial score (nSPS) is 18.6. The molecule has 1 unspecified atom stereocenters. The summed E-state index contributed by atoms with van der Waals surface area (Å²) in [6.07, 6.45) is 3.97. The first-order chi connectivity index (χ1) is 7.22. The first-order valence-corrected chi connectivity index (χ1v) is 5.75. The van der Waals surface area contributed by atoms with Gasteiger partial charge < -0.3 is 0 Å². The highest BCUT2D eigenvalue weighted by Gasteiger charge is 2.28. The highest BCUT2D eigenvalue weighted by atomic mass is 15.2. The molecule has 3 N–H and O–H groups in total. The summed E-state index contributed by atoms with van der Waals surface area (Å²) in [6, 6.07) is 6.97. The summed E-state index contributed by atoms with van der Waals surface area (Å²) in [6.45, 7) is 4.30. The van der Waals surface area contributed by atoms with Gasteiger partial charge in [-0.2, -0.15) is 0 Å². The van der Waals surface area contributed by atoms with E-state index >= 15 is 0 Å². The number of benzene rings is 1. The van der Waals surface area contributed by atoms with Crippen molar-refractivity contribution in [2.24, 2.45) is 11.8 Å². The Morgan fingerprint density at radius 3 is 2.53 bits per heavy atom. The third-order valence-corrected chi connectivity index (χ3v) is 3.56. The summed E-state index contributed by atoms with van der Waals surface area (Å²) in [5, 5.41) is 0. The first-order valence-electron chi connectivity index (χ1n) is 5.75. The predicted octanol–water partition coefficient (Wildman–Crippen LogP) is 2.61. The fourth-order valence-corrected chi connectivity index (χ4v) is 2.43. The molecular weight excluding hydrogens is 184 g/mol. The molecule has 0 bridgehead atoms. The molecule has 1 aliphatic carbocycles. The smallest absolute Gasteiger partial charge is 0.0490 e. The summed E-state index contributed by atoms with van der Waals surface area (Å²) in [5.41, 5.74) is 7.02. The first kappa shape index (κ1) is 10.7. The van der Waals surface area contributed by atoms with Crippen LogP contribution in [0.5, 0.6) is 0 Å². The van der Waals surface area contributed by atoms with E-state index < -0.39 is 0 Å². The summed E-state index contributed by atoms with van der Waals surface area (Å²) in [7, 11) is 0. The summed E-state index contributed by atoms with van der Waals surface area (Å²) < 4.78 is 0. The molecule has 0 heterocycles. The maximum absolute atomic E-state index is 5.67. The standard InChI is InChI=1S/C13H20N2/c1-9-6-7-12(10(2)8-9)13(15-14)11-4-3-5-11/h6-8,11,13,15H,3-5,14H2,1-2H3. The van der Waals surface area contributed by atoms with E-state index in [1.54, 1.807) is 0 Å². The number of aryl methyl sites for hydroxylation is 2. The molecule has 1 aromatic carbocycles. The highest BCUT2D eigenvalue weighted by Crippen LogP contribution is 2.38. The molecule has 0 aromatic heterocycles. The topological polar surface area (TPSA) is 38.0 Å². The zero-order valence-corrected chi connectivity index (χ0v) is 9.59. The van der Waals surface area contributed by atoms with E-state index in [2.05, 4.69) is 37.5 Å². The van der Waals surface area contributed by atoms with Crippen molar-refractivity contribution in [2.75, 3.05) is 0 Å². The minimum absolute atomic E-state index is 0.347. The zero-order valence-electron chi connectivity index (χ0n) is 9.59. The molecule has 2 heteroatoms. The SMILES string of the molecule is Cc1ccc(C(NN)C2CCC2)c(C)c1. The third-order valence-electron chi connectivity index (χ3n) is 3.56. The van der Waals surface area contributed by atoms with Crippen molar-refractivity contribution in [2.45, 2.75) is 39.2 Å². The van der Waals surface area contributed by atoms with E-state index in [1.807, 2.05) is 0 Å². The number of hydrogen-bond acceptors (Lipinski definition) is 2. The lowest BCUT2D eigenvalue weighted by molar-refractivity contribution is 0.231. The average Bonchev–Trinajstić information content (AvgIpc) is 2.12. The Labute approximate surface area is 91.8 Å². The van der Waals surface area contributed by atoms with Crippen LogP contribution in [-0.2, 0) is 0 Å². The molecule has 0 aliphatic heterocycles. The molecule has 0 amide bonds. The highest BCUT2D eigenvalue weighted by molar-refractivity contribution is 5.33. The minimum Gasteiger partial charge on any atom is -0.271 e. The van der Waals surface area contributed by atoms with Gasteiger partial charge in [-0.25, -0.2) is 0 Å². The molecule has 2 rings (SSSR count). The van der Waals surface area contributed by atoms with Crippen molar-refractivity contribution in [3.05, 3.63) is 34.9 Å². The van der Waals surface area contributed by atoms with Gasteiger partial charge in [-0.1, -0.05) is 30.2 Å². The molecule has 1 atom stereocenters. The van der Waals surface area contributed by atoms with E-state index in [0.29, 0.717) is 6.04 Å². The third kappa shape index (κ3) is 2.06. The van der Waals surface area contributed by atoms with E-state index in [9.17, 15) is 0 Å². The van der Waals surface area contributed by atoms with Crippen molar-refractivity contribution >= 4 is 0 Å². The Morgan fingerprint density at radius 2 is 2.07 bits per heavy atom. The van der Waals surface area contributed by atoms with Gasteiger partial charge in [0.1, 0.15) is 0 Å². The number of hydrazine groups is 1. The fraction of sp³-hybridized carbons (Fsp3) is 0.538. The lowest BCUT2D eigenvalue weighted by atomic mass is 9.76. The molecule has 1 saturated carbocycles.